The van der Waals surface area contributed by atoms with Crippen molar-refractivity contribution < 1.29 is 13.2 Å². The molecule has 0 aromatic heterocycles. The smallest absolute Gasteiger partial charge is 0.280 e. The van der Waals surface area contributed by atoms with E-state index in [-0.39, 0.29) is 10.6 Å². The number of halogens is 1. The van der Waals surface area contributed by atoms with Crippen LogP contribution >= 0.6 is 11.6 Å². The van der Waals surface area contributed by atoms with Gasteiger partial charge in [0, 0.05) is 5.02 Å². The van der Waals surface area contributed by atoms with E-state index >= 15 is 0 Å². The first-order valence-electron chi connectivity index (χ1n) is 6.37. The van der Waals surface area contributed by atoms with Crippen LogP contribution < -0.4 is 9.57 Å². The third-order valence-corrected chi connectivity index (χ3v) is 4.32. The van der Waals surface area contributed by atoms with Crippen LogP contribution in [0.1, 0.15) is 11.1 Å². The highest BCUT2D eigenvalue weighted by Crippen LogP contribution is 2.24. The molecule has 2 rings (SSSR count). The van der Waals surface area contributed by atoms with Crippen LogP contribution in [0.15, 0.2) is 52.5 Å². The summed E-state index contributed by atoms with van der Waals surface area (Å²) in [6.45, 7) is 1.80. The second-order valence-electron chi connectivity index (χ2n) is 4.56. The zero-order valence-electron chi connectivity index (χ0n) is 12.1. The Kier molecular flexibility index (Phi) is 5.05. The van der Waals surface area contributed by atoms with Crippen molar-refractivity contribution in [3.05, 3.63) is 58.6 Å². The first kappa shape index (κ1) is 16.3. The molecule has 116 valence electrons. The van der Waals surface area contributed by atoms with Gasteiger partial charge >= 0.3 is 0 Å². The molecule has 0 unspecified atom stereocenters. The summed E-state index contributed by atoms with van der Waals surface area (Å²) in [4.78, 5) is 2.20. The lowest BCUT2D eigenvalue weighted by Gasteiger charge is -2.09. The van der Waals surface area contributed by atoms with Crippen molar-refractivity contribution >= 4 is 27.8 Å². The fraction of sp³-hybridized carbons (Fsp3) is 0.133. The van der Waals surface area contributed by atoms with Gasteiger partial charge in [-0.1, -0.05) is 29.8 Å². The molecule has 0 saturated heterocycles. The van der Waals surface area contributed by atoms with Crippen molar-refractivity contribution in [2.45, 2.75) is 11.8 Å². The molecule has 5 nitrogen and oxygen atoms in total. The maximum absolute atomic E-state index is 12.3. The molecule has 22 heavy (non-hydrogen) atoms. The Labute approximate surface area is 134 Å². The lowest BCUT2D eigenvalue weighted by atomic mass is 10.2. The lowest BCUT2D eigenvalue weighted by molar-refractivity contribution is 0.402. The SMILES string of the molecule is COc1ccc(C)cc1S(=O)(=O)N/N=C/c1cccc(Cl)c1. The second-order valence-corrected chi connectivity index (χ2v) is 6.63. The minimum atomic E-state index is -3.81. The number of rotatable bonds is 5. The quantitative estimate of drug-likeness (QED) is 0.673. The van der Waals surface area contributed by atoms with Gasteiger partial charge in [-0.2, -0.15) is 18.4 Å². The molecule has 0 heterocycles. The van der Waals surface area contributed by atoms with Gasteiger partial charge in [-0.15, -0.1) is 0 Å². The van der Waals surface area contributed by atoms with Gasteiger partial charge in [-0.05, 0) is 42.3 Å². The number of hydrogen-bond donors (Lipinski definition) is 1. The number of nitrogens with zero attached hydrogens (tertiary/aromatic N) is 1. The standard InChI is InChI=1S/C15H15ClN2O3S/c1-11-6-7-14(21-2)15(8-11)22(19,20)18-17-10-12-4-3-5-13(16)9-12/h3-10,18H,1-2H3/b17-10+. The largest absolute Gasteiger partial charge is 0.495 e. The Morgan fingerprint density at radius 1 is 1.23 bits per heavy atom. The van der Waals surface area contributed by atoms with Crippen molar-refractivity contribution in [2.75, 3.05) is 7.11 Å². The Bertz CT molecular complexity index is 804. The Balaban J connectivity index is 2.23. The summed E-state index contributed by atoms with van der Waals surface area (Å²) >= 11 is 5.85. The summed E-state index contributed by atoms with van der Waals surface area (Å²) in [5.74, 6) is 0.260. The number of nitrogens with one attached hydrogen (secondary N) is 1. The molecule has 0 saturated carbocycles. The van der Waals surface area contributed by atoms with Crippen LogP contribution in [0, 0.1) is 6.92 Å². The highest BCUT2D eigenvalue weighted by molar-refractivity contribution is 7.89. The van der Waals surface area contributed by atoms with E-state index in [9.17, 15) is 8.42 Å². The van der Waals surface area contributed by atoms with Crippen molar-refractivity contribution in [3.8, 4) is 5.75 Å². The fourth-order valence-corrected chi connectivity index (χ4v) is 3.05. The molecule has 0 fully saturated rings. The average molecular weight is 339 g/mol. The second kappa shape index (κ2) is 6.81. The molecule has 0 atom stereocenters. The summed E-state index contributed by atoms with van der Waals surface area (Å²) in [5.41, 5.74) is 1.49. The van der Waals surface area contributed by atoms with Gasteiger partial charge in [0.15, 0.2) is 0 Å². The molecule has 2 aromatic carbocycles. The average Bonchev–Trinajstić information content (AvgIpc) is 2.47. The van der Waals surface area contributed by atoms with Crippen LogP contribution in [-0.2, 0) is 10.0 Å². The van der Waals surface area contributed by atoms with E-state index in [1.807, 2.05) is 0 Å². The molecular weight excluding hydrogens is 324 g/mol. The minimum absolute atomic E-state index is 0.0400. The molecule has 2 aromatic rings. The normalized spacial score (nSPS) is 11.6. The van der Waals surface area contributed by atoms with Gasteiger partial charge in [-0.25, -0.2) is 0 Å². The van der Waals surface area contributed by atoms with Crippen LogP contribution in [0.4, 0.5) is 0 Å². The van der Waals surface area contributed by atoms with E-state index in [2.05, 4.69) is 9.93 Å². The zero-order chi connectivity index (χ0) is 16.2. The number of benzene rings is 2. The number of sulfonamides is 1. The van der Waals surface area contributed by atoms with E-state index in [1.165, 1.54) is 19.4 Å². The highest BCUT2D eigenvalue weighted by atomic mass is 35.5. The molecular formula is C15H15ClN2O3S. The van der Waals surface area contributed by atoms with Gasteiger partial charge in [-0.3, -0.25) is 0 Å². The number of hydrogen-bond acceptors (Lipinski definition) is 4. The Hall–Kier alpha value is -2.05. The van der Waals surface area contributed by atoms with Crippen LogP contribution in [-0.4, -0.2) is 21.7 Å². The lowest BCUT2D eigenvalue weighted by Crippen LogP contribution is -2.19. The summed E-state index contributed by atoms with van der Waals surface area (Å²) in [6.07, 6.45) is 1.38. The third-order valence-electron chi connectivity index (χ3n) is 2.84. The molecule has 0 radical (unpaired) electrons. The predicted molar refractivity (Wildman–Crippen MR) is 87.1 cm³/mol. The van der Waals surface area contributed by atoms with E-state index in [0.717, 1.165) is 5.56 Å². The molecule has 0 bridgehead atoms. The first-order valence-corrected chi connectivity index (χ1v) is 8.23. The minimum Gasteiger partial charge on any atom is -0.495 e. The third kappa shape index (κ3) is 3.99. The molecule has 0 aliphatic rings. The maximum Gasteiger partial charge on any atom is 0.280 e. The van der Waals surface area contributed by atoms with E-state index in [4.69, 9.17) is 16.3 Å². The van der Waals surface area contributed by atoms with Gasteiger partial charge < -0.3 is 4.74 Å². The molecule has 0 aliphatic carbocycles. The topological polar surface area (TPSA) is 67.8 Å². The Morgan fingerprint density at radius 3 is 2.68 bits per heavy atom. The van der Waals surface area contributed by atoms with Crippen molar-refractivity contribution in [3.63, 3.8) is 0 Å². The number of methoxy groups -OCH3 is 1. The van der Waals surface area contributed by atoms with Gasteiger partial charge in [0.1, 0.15) is 10.6 Å². The summed E-state index contributed by atoms with van der Waals surface area (Å²) in [5, 5.41) is 4.31. The summed E-state index contributed by atoms with van der Waals surface area (Å²) in [6, 6.07) is 11.8. The van der Waals surface area contributed by atoms with Gasteiger partial charge in [0.2, 0.25) is 0 Å². The zero-order valence-corrected chi connectivity index (χ0v) is 13.6. The molecule has 0 spiro atoms. The summed E-state index contributed by atoms with van der Waals surface area (Å²) in [7, 11) is -2.40. The monoisotopic (exact) mass is 338 g/mol. The van der Waals surface area contributed by atoms with Crippen LogP contribution in [0.3, 0.4) is 0 Å². The predicted octanol–water partition coefficient (Wildman–Crippen LogP) is 2.97. The van der Waals surface area contributed by atoms with E-state index < -0.39 is 10.0 Å². The molecule has 0 aliphatic heterocycles. The number of hydrazone groups is 1. The summed E-state index contributed by atoms with van der Waals surface area (Å²) < 4.78 is 29.7. The van der Waals surface area contributed by atoms with E-state index in [1.54, 1.807) is 43.3 Å². The van der Waals surface area contributed by atoms with Crippen LogP contribution in [0.2, 0.25) is 5.02 Å². The van der Waals surface area contributed by atoms with Crippen molar-refractivity contribution in [1.82, 2.24) is 4.83 Å². The fourth-order valence-electron chi connectivity index (χ4n) is 1.80. The molecule has 0 amide bonds. The van der Waals surface area contributed by atoms with Gasteiger partial charge in [0.05, 0.1) is 13.3 Å². The molecule has 1 N–H and O–H groups in total. The number of ether oxygens (including phenoxy) is 1. The number of aryl methyl sites for hydroxylation is 1. The van der Waals surface area contributed by atoms with Gasteiger partial charge in [0.25, 0.3) is 10.0 Å². The van der Waals surface area contributed by atoms with Crippen LogP contribution in [0.25, 0.3) is 0 Å². The van der Waals surface area contributed by atoms with Crippen molar-refractivity contribution in [1.29, 1.82) is 0 Å². The Morgan fingerprint density at radius 2 is 2.00 bits per heavy atom. The maximum atomic E-state index is 12.3. The molecule has 7 heteroatoms. The van der Waals surface area contributed by atoms with Crippen molar-refractivity contribution in [2.24, 2.45) is 5.10 Å². The van der Waals surface area contributed by atoms with E-state index in [0.29, 0.717) is 10.6 Å². The first-order chi connectivity index (χ1) is 10.4. The highest BCUT2D eigenvalue weighted by Gasteiger charge is 2.18. The van der Waals surface area contributed by atoms with Crippen LogP contribution in [0.5, 0.6) is 5.75 Å².